The smallest absolute Gasteiger partial charge is 0.279 e. The Morgan fingerprint density at radius 1 is 1.28 bits per heavy atom. The number of carbonyl (C=O) groups excluding carboxylic acids is 1. The van der Waals surface area contributed by atoms with Crippen LogP contribution in [0.4, 0.5) is 5.82 Å². The van der Waals surface area contributed by atoms with E-state index in [1.807, 2.05) is 48.5 Å². The predicted octanol–water partition coefficient (Wildman–Crippen LogP) is 4.76. The second kappa shape index (κ2) is 9.63. The third-order valence-electron chi connectivity index (χ3n) is 5.21. The minimum atomic E-state index is -0.446. The molecule has 1 aromatic heterocycles. The molecule has 8 heteroatoms. The topological polar surface area (TPSA) is 73.2 Å². The van der Waals surface area contributed by atoms with Gasteiger partial charge >= 0.3 is 0 Å². The van der Waals surface area contributed by atoms with E-state index in [4.69, 9.17) is 16.3 Å². The summed E-state index contributed by atoms with van der Waals surface area (Å²) >= 11 is 7.48. The highest BCUT2D eigenvalue weighted by molar-refractivity contribution is 7.98. The molecule has 164 valence electrons. The van der Waals surface area contributed by atoms with Crippen LogP contribution in [0.3, 0.4) is 0 Å². The Kier molecular flexibility index (Phi) is 6.67. The lowest BCUT2D eigenvalue weighted by Gasteiger charge is -2.28. The van der Waals surface area contributed by atoms with E-state index < -0.39 is 5.92 Å². The van der Waals surface area contributed by atoms with Crippen molar-refractivity contribution in [3.63, 3.8) is 0 Å². The first-order valence-electron chi connectivity index (χ1n) is 10.1. The summed E-state index contributed by atoms with van der Waals surface area (Å²) in [5.74, 6) is 1.08. The standard InChI is InChI=1S/C24H22ClN3O3S/c1-3-11-31-19-10-5-4-9-17(19)18-13-20(29)26-22-21(18)23(30)27-24(28(22)2)32-14-15-7-6-8-16(25)12-15/h3-10,12,18H,1,11,13-14H2,2H3,(H,26,29). The van der Waals surface area contributed by atoms with Gasteiger partial charge in [-0.05, 0) is 23.8 Å². The maximum Gasteiger partial charge on any atom is 0.279 e. The van der Waals surface area contributed by atoms with E-state index in [9.17, 15) is 9.59 Å². The number of hydrogen-bond acceptors (Lipinski definition) is 5. The Morgan fingerprint density at radius 2 is 2.09 bits per heavy atom. The molecule has 1 amide bonds. The number of para-hydroxylation sites is 1. The van der Waals surface area contributed by atoms with E-state index in [2.05, 4.69) is 16.9 Å². The van der Waals surface area contributed by atoms with Crippen molar-refractivity contribution < 1.29 is 9.53 Å². The molecule has 6 nitrogen and oxygen atoms in total. The van der Waals surface area contributed by atoms with Crippen LogP contribution < -0.4 is 15.6 Å². The van der Waals surface area contributed by atoms with Crippen LogP contribution in [0.1, 0.15) is 29.0 Å². The number of halogens is 1. The minimum absolute atomic E-state index is 0.146. The van der Waals surface area contributed by atoms with Crippen LogP contribution in [0.25, 0.3) is 0 Å². The molecule has 0 aliphatic carbocycles. The molecule has 3 aromatic rings. The molecular weight excluding hydrogens is 446 g/mol. The van der Waals surface area contributed by atoms with Crippen LogP contribution in [-0.4, -0.2) is 22.1 Å². The molecule has 0 radical (unpaired) electrons. The number of rotatable bonds is 7. The van der Waals surface area contributed by atoms with Gasteiger partial charge in [-0.1, -0.05) is 66.3 Å². The number of carbonyl (C=O) groups is 1. The van der Waals surface area contributed by atoms with Crippen molar-refractivity contribution in [3.8, 4) is 5.75 Å². The van der Waals surface area contributed by atoms with Crippen LogP contribution in [0.5, 0.6) is 5.75 Å². The molecule has 2 aromatic carbocycles. The number of ether oxygens (including phenoxy) is 1. The summed E-state index contributed by atoms with van der Waals surface area (Å²) < 4.78 is 7.55. The minimum Gasteiger partial charge on any atom is -0.489 e. The molecule has 1 atom stereocenters. The Hall–Kier alpha value is -3.03. The van der Waals surface area contributed by atoms with Crippen LogP contribution in [0.2, 0.25) is 5.02 Å². The zero-order valence-corrected chi connectivity index (χ0v) is 19.1. The van der Waals surface area contributed by atoms with E-state index in [1.54, 1.807) is 17.7 Å². The molecule has 2 heterocycles. The van der Waals surface area contributed by atoms with Gasteiger partial charge in [-0.25, -0.2) is 0 Å². The summed E-state index contributed by atoms with van der Waals surface area (Å²) in [6.07, 6.45) is 1.80. The van der Waals surface area contributed by atoms with Gasteiger partial charge in [-0.3, -0.25) is 9.59 Å². The SMILES string of the molecule is C=CCOc1ccccc1C1CC(=O)Nc2c1c(=O)nc(SCc1cccc(Cl)c1)n2C. The molecule has 32 heavy (non-hydrogen) atoms. The molecule has 0 fully saturated rings. The third kappa shape index (κ3) is 4.59. The summed E-state index contributed by atoms with van der Waals surface area (Å²) in [7, 11) is 1.80. The fraction of sp³-hybridized carbons (Fsp3) is 0.208. The summed E-state index contributed by atoms with van der Waals surface area (Å²) in [5.41, 5.74) is 1.91. The molecule has 0 saturated carbocycles. The number of benzene rings is 2. The molecule has 1 unspecified atom stereocenters. The van der Waals surface area contributed by atoms with Gasteiger partial charge in [0.1, 0.15) is 18.2 Å². The first kappa shape index (κ1) is 22.2. The lowest BCUT2D eigenvalue weighted by Crippen LogP contribution is -2.33. The maximum atomic E-state index is 13.2. The quantitative estimate of drug-likeness (QED) is 0.308. The highest BCUT2D eigenvalue weighted by atomic mass is 35.5. The number of aromatic nitrogens is 2. The summed E-state index contributed by atoms with van der Waals surface area (Å²) in [6.45, 7) is 4.01. The van der Waals surface area contributed by atoms with Gasteiger partial charge in [0.25, 0.3) is 5.56 Å². The zero-order chi connectivity index (χ0) is 22.7. The maximum absolute atomic E-state index is 13.2. The Balaban J connectivity index is 1.72. The normalized spacial score (nSPS) is 15.1. The van der Waals surface area contributed by atoms with E-state index in [1.165, 1.54) is 11.8 Å². The molecule has 1 aliphatic heterocycles. The van der Waals surface area contributed by atoms with Crippen molar-refractivity contribution in [1.82, 2.24) is 9.55 Å². The van der Waals surface area contributed by atoms with Gasteiger partial charge in [0.15, 0.2) is 5.16 Å². The van der Waals surface area contributed by atoms with E-state index in [0.29, 0.717) is 39.7 Å². The highest BCUT2D eigenvalue weighted by Crippen LogP contribution is 2.39. The third-order valence-corrected chi connectivity index (χ3v) is 6.55. The number of amides is 1. The summed E-state index contributed by atoms with van der Waals surface area (Å²) in [4.78, 5) is 30.1. The molecule has 1 N–H and O–H groups in total. The van der Waals surface area contributed by atoms with Crippen LogP contribution in [0.15, 0.2) is 71.1 Å². The lowest BCUT2D eigenvalue weighted by atomic mass is 9.86. The Morgan fingerprint density at radius 3 is 2.88 bits per heavy atom. The predicted molar refractivity (Wildman–Crippen MR) is 128 cm³/mol. The monoisotopic (exact) mass is 467 g/mol. The van der Waals surface area contributed by atoms with Crippen molar-refractivity contribution in [2.75, 3.05) is 11.9 Å². The van der Waals surface area contributed by atoms with Gasteiger partial charge < -0.3 is 14.6 Å². The van der Waals surface area contributed by atoms with Crippen LogP contribution in [0, 0.1) is 0 Å². The first-order valence-corrected chi connectivity index (χ1v) is 11.4. The zero-order valence-electron chi connectivity index (χ0n) is 17.5. The van der Waals surface area contributed by atoms with Crippen LogP contribution >= 0.6 is 23.4 Å². The number of anilines is 1. The van der Waals surface area contributed by atoms with Gasteiger partial charge in [-0.15, -0.1) is 0 Å². The summed E-state index contributed by atoms with van der Waals surface area (Å²) in [5, 5.41) is 4.05. The Labute approximate surface area is 195 Å². The molecule has 4 rings (SSSR count). The van der Waals surface area contributed by atoms with Gasteiger partial charge in [0, 0.05) is 35.7 Å². The number of nitrogens with zero attached hydrogens (tertiary/aromatic N) is 2. The fourth-order valence-electron chi connectivity index (χ4n) is 3.75. The van der Waals surface area contributed by atoms with E-state index in [0.717, 1.165) is 11.1 Å². The summed E-state index contributed by atoms with van der Waals surface area (Å²) in [6, 6.07) is 15.0. The second-order valence-corrected chi connectivity index (χ2v) is 8.76. The molecule has 1 aliphatic rings. The van der Waals surface area contributed by atoms with Gasteiger partial charge in [0.05, 0.1) is 5.56 Å². The number of nitrogens with one attached hydrogen (secondary N) is 1. The van der Waals surface area contributed by atoms with Crippen molar-refractivity contribution >= 4 is 35.1 Å². The first-order chi connectivity index (χ1) is 15.5. The molecule has 0 spiro atoms. The lowest BCUT2D eigenvalue weighted by molar-refractivity contribution is -0.116. The average molecular weight is 468 g/mol. The fourth-order valence-corrected chi connectivity index (χ4v) is 4.87. The van der Waals surface area contributed by atoms with Crippen LogP contribution in [-0.2, 0) is 17.6 Å². The highest BCUT2D eigenvalue weighted by Gasteiger charge is 2.33. The largest absolute Gasteiger partial charge is 0.489 e. The number of hydrogen-bond donors (Lipinski definition) is 1. The molecule has 0 saturated heterocycles. The second-order valence-electron chi connectivity index (χ2n) is 7.38. The molecule has 0 bridgehead atoms. The average Bonchev–Trinajstić information content (AvgIpc) is 2.78. The Bertz CT molecular complexity index is 1240. The van der Waals surface area contributed by atoms with Gasteiger partial charge in [0.2, 0.25) is 5.91 Å². The van der Waals surface area contributed by atoms with Crippen molar-refractivity contribution in [2.45, 2.75) is 23.2 Å². The number of thioether (sulfide) groups is 1. The molecular formula is C24H22ClN3O3S. The van der Waals surface area contributed by atoms with Crippen molar-refractivity contribution in [2.24, 2.45) is 7.05 Å². The van der Waals surface area contributed by atoms with E-state index >= 15 is 0 Å². The van der Waals surface area contributed by atoms with E-state index in [-0.39, 0.29) is 17.9 Å². The number of fused-ring (bicyclic) bond motifs is 1. The van der Waals surface area contributed by atoms with Gasteiger partial charge in [-0.2, -0.15) is 4.98 Å². The van der Waals surface area contributed by atoms with Crippen molar-refractivity contribution in [3.05, 3.63) is 93.3 Å². The van der Waals surface area contributed by atoms with Crippen molar-refractivity contribution in [1.29, 1.82) is 0 Å².